The van der Waals surface area contributed by atoms with Crippen molar-refractivity contribution in [3.05, 3.63) is 78.1 Å². The Labute approximate surface area is 255 Å². The van der Waals surface area contributed by atoms with Crippen molar-refractivity contribution in [1.82, 2.24) is 9.80 Å². The molecule has 1 aliphatic heterocycles. The van der Waals surface area contributed by atoms with E-state index in [0.29, 0.717) is 40.7 Å². The lowest BCUT2D eigenvalue weighted by atomic mass is 10.0. The zero-order chi connectivity index (χ0) is 31.8. The maximum atomic E-state index is 13.5. The number of anilines is 3. The number of fused-ring (bicyclic) bond motifs is 1. The van der Waals surface area contributed by atoms with Gasteiger partial charge >= 0.3 is 12.1 Å². The van der Waals surface area contributed by atoms with Gasteiger partial charge in [0, 0.05) is 42.1 Å². The molecule has 0 spiro atoms. The fourth-order valence-electron chi connectivity index (χ4n) is 4.80. The summed E-state index contributed by atoms with van der Waals surface area (Å²) in [6, 6.07) is 16.0. The molecule has 11 nitrogen and oxygen atoms in total. The fourth-order valence-corrected chi connectivity index (χ4v) is 4.80. The molecule has 0 saturated heterocycles. The van der Waals surface area contributed by atoms with E-state index in [0.717, 1.165) is 0 Å². The molecular weight excluding hydrogens is 569 g/mol. The molecule has 0 aromatic heterocycles. The highest BCUT2D eigenvalue weighted by Gasteiger charge is 2.32. The van der Waals surface area contributed by atoms with E-state index in [-0.39, 0.29) is 37.4 Å². The van der Waals surface area contributed by atoms with Crippen LogP contribution in [0.5, 0.6) is 11.5 Å². The number of aliphatic hydroxyl groups is 1. The van der Waals surface area contributed by atoms with E-state index < -0.39 is 24.0 Å². The predicted molar refractivity (Wildman–Crippen MR) is 166 cm³/mol. The van der Waals surface area contributed by atoms with Crippen molar-refractivity contribution in [3.63, 3.8) is 0 Å². The molecule has 4 rings (SSSR count). The van der Waals surface area contributed by atoms with Crippen molar-refractivity contribution < 1.29 is 33.4 Å². The van der Waals surface area contributed by atoms with Crippen molar-refractivity contribution in [3.8, 4) is 11.5 Å². The molecule has 0 aliphatic carbocycles. The summed E-state index contributed by atoms with van der Waals surface area (Å²) in [5.74, 6) is 0.282. The smallest absolute Gasteiger partial charge is 0.323 e. The number of likely N-dealkylation sites (N-methyl/N-ethyl adjacent to an activating group) is 1. The Kier molecular flexibility index (Phi) is 10.6. The monoisotopic (exact) mass is 607 g/mol. The van der Waals surface area contributed by atoms with Crippen LogP contribution in [0.25, 0.3) is 0 Å². The standard InChI is InChI=1S/C32H38FN5O6/c1-20-17-38(21(2)19-39)30(40)16-22-15-26(35-31(41)34-24-7-5-23(33)6-8-24)11-14-28(22)44-29(20)18-37(3)32(42)36-25-9-12-27(43-4)13-10-25/h5-15,20-21,29,39H,16-19H2,1-4H3,(H,36,42)(H2,34,35,41)/t20-,21+,29+/m0/s1. The van der Waals surface area contributed by atoms with Gasteiger partial charge in [0.25, 0.3) is 0 Å². The van der Waals surface area contributed by atoms with Crippen LogP contribution in [0.15, 0.2) is 66.7 Å². The number of ether oxygens (including phenoxy) is 2. The Morgan fingerprint density at radius 1 is 1.05 bits per heavy atom. The van der Waals surface area contributed by atoms with Gasteiger partial charge in [-0.2, -0.15) is 0 Å². The number of benzene rings is 3. The van der Waals surface area contributed by atoms with E-state index in [4.69, 9.17) is 9.47 Å². The summed E-state index contributed by atoms with van der Waals surface area (Å²) >= 11 is 0. The highest BCUT2D eigenvalue weighted by molar-refractivity contribution is 6.00. The summed E-state index contributed by atoms with van der Waals surface area (Å²) < 4.78 is 24.9. The topological polar surface area (TPSA) is 132 Å². The van der Waals surface area contributed by atoms with E-state index in [9.17, 15) is 23.9 Å². The van der Waals surface area contributed by atoms with Gasteiger partial charge in [0.1, 0.15) is 23.4 Å². The average molecular weight is 608 g/mol. The van der Waals surface area contributed by atoms with Crippen LogP contribution < -0.4 is 25.4 Å². The lowest BCUT2D eigenvalue weighted by molar-refractivity contribution is -0.134. The molecule has 3 aromatic carbocycles. The molecule has 3 atom stereocenters. The molecule has 234 valence electrons. The zero-order valence-corrected chi connectivity index (χ0v) is 25.2. The molecule has 44 heavy (non-hydrogen) atoms. The molecular formula is C32H38FN5O6. The minimum Gasteiger partial charge on any atom is -0.497 e. The molecule has 0 fully saturated rings. The predicted octanol–water partition coefficient (Wildman–Crippen LogP) is 4.79. The summed E-state index contributed by atoms with van der Waals surface area (Å²) in [5, 5.41) is 18.1. The maximum absolute atomic E-state index is 13.5. The molecule has 3 aromatic rings. The molecule has 0 saturated carbocycles. The lowest BCUT2D eigenvalue weighted by Crippen LogP contribution is -2.48. The van der Waals surface area contributed by atoms with Crippen LogP contribution in [-0.2, 0) is 11.2 Å². The summed E-state index contributed by atoms with van der Waals surface area (Å²) in [5.41, 5.74) is 1.97. The third-order valence-electron chi connectivity index (χ3n) is 7.42. The molecule has 0 radical (unpaired) electrons. The van der Waals surface area contributed by atoms with Crippen molar-refractivity contribution in [2.75, 3.05) is 49.8 Å². The first kappa shape index (κ1) is 32.1. The number of nitrogens with one attached hydrogen (secondary N) is 3. The number of hydrogen-bond donors (Lipinski definition) is 4. The Hall–Kier alpha value is -4.84. The van der Waals surface area contributed by atoms with Crippen LogP contribution in [0.4, 0.5) is 31.0 Å². The summed E-state index contributed by atoms with van der Waals surface area (Å²) in [6.07, 6.45) is -0.539. The van der Waals surface area contributed by atoms with Gasteiger partial charge in [0.15, 0.2) is 0 Å². The van der Waals surface area contributed by atoms with E-state index in [1.807, 2.05) is 6.92 Å². The first-order chi connectivity index (χ1) is 21.1. The number of halogens is 1. The van der Waals surface area contributed by atoms with Crippen LogP contribution >= 0.6 is 0 Å². The summed E-state index contributed by atoms with van der Waals surface area (Å²) in [6.45, 7) is 4.00. The molecule has 0 bridgehead atoms. The van der Waals surface area contributed by atoms with Gasteiger partial charge in [-0.1, -0.05) is 6.92 Å². The molecule has 5 amide bonds. The number of rotatable bonds is 8. The lowest BCUT2D eigenvalue weighted by Gasteiger charge is -2.34. The van der Waals surface area contributed by atoms with Crippen LogP contribution in [0, 0.1) is 11.7 Å². The quantitative estimate of drug-likeness (QED) is 0.291. The number of urea groups is 2. The van der Waals surface area contributed by atoms with Gasteiger partial charge in [0.2, 0.25) is 5.91 Å². The number of carbonyl (C=O) groups is 3. The average Bonchev–Trinajstić information content (AvgIpc) is 3.05. The van der Waals surface area contributed by atoms with Crippen LogP contribution in [0.3, 0.4) is 0 Å². The van der Waals surface area contributed by atoms with Gasteiger partial charge in [-0.25, -0.2) is 14.0 Å². The molecule has 1 aliphatic rings. The SMILES string of the molecule is COc1ccc(NC(=O)N(C)C[C@H]2Oc3ccc(NC(=O)Nc4ccc(F)cc4)cc3CC(=O)N([C@H](C)CO)C[C@@H]2C)cc1. The summed E-state index contributed by atoms with van der Waals surface area (Å²) in [7, 11) is 3.23. The van der Waals surface area contributed by atoms with Crippen LogP contribution in [0.2, 0.25) is 0 Å². The Morgan fingerprint density at radius 3 is 2.32 bits per heavy atom. The number of aliphatic hydroxyl groups excluding tert-OH is 1. The second kappa shape index (κ2) is 14.6. The molecule has 0 unspecified atom stereocenters. The van der Waals surface area contributed by atoms with Crippen LogP contribution in [0.1, 0.15) is 19.4 Å². The van der Waals surface area contributed by atoms with E-state index in [2.05, 4.69) is 16.0 Å². The van der Waals surface area contributed by atoms with Gasteiger partial charge in [-0.15, -0.1) is 0 Å². The zero-order valence-electron chi connectivity index (χ0n) is 25.2. The Balaban J connectivity index is 1.54. The Bertz CT molecular complexity index is 1450. The van der Waals surface area contributed by atoms with Crippen molar-refractivity contribution >= 4 is 35.0 Å². The molecule has 12 heteroatoms. The van der Waals surface area contributed by atoms with Gasteiger partial charge in [-0.05, 0) is 73.7 Å². The first-order valence-electron chi connectivity index (χ1n) is 14.3. The van der Waals surface area contributed by atoms with Gasteiger partial charge in [0.05, 0.1) is 32.7 Å². The van der Waals surface area contributed by atoms with Gasteiger partial charge in [-0.3, -0.25) is 4.79 Å². The Morgan fingerprint density at radius 2 is 1.66 bits per heavy atom. The highest BCUT2D eigenvalue weighted by atomic mass is 19.1. The van der Waals surface area contributed by atoms with Gasteiger partial charge < -0.3 is 40.3 Å². The molecule has 1 heterocycles. The van der Waals surface area contributed by atoms with Crippen molar-refractivity contribution in [2.45, 2.75) is 32.4 Å². The number of methoxy groups -OCH3 is 1. The minimum absolute atomic E-state index is 0.0258. The largest absolute Gasteiger partial charge is 0.497 e. The molecule has 4 N–H and O–H groups in total. The third-order valence-corrected chi connectivity index (χ3v) is 7.42. The second-order valence-corrected chi connectivity index (χ2v) is 10.8. The minimum atomic E-state index is -0.543. The number of carbonyl (C=O) groups excluding carboxylic acids is 3. The maximum Gasteiger partial charge on any atom is 0.323 e. The second-order valence-electron chi connectivity index (χ2n) is 10.8. The van der Waals surface area contributed by atoms with Crippen molar-refractivity contribution in [1.29, 1.82) is 0 Å². The van der Waals surface area contributed by atoms with E-state index in [1.54, 1.807) is 68.4 Å². The summed E-state index contributed by atoms with van der Waals surface area (Å²) in [4.78, 5) is 42.2. The third kappa shape index (κ3) is 8.38. The number of nitrogens with zero attached hydrogens (tertiary/aromatic N) is 2. The first-order valence-corrected chi connectivity index (χ1v) is 14.3. The number of hydrogen-bond acceptors (Lipinski definition) is 6. The van der Waals surface area contributed by atoms with E-state index >= 15 is 0 Å². The normalized spacial score (nSPS) is 17.1. The number of amides is 5. The van der Waals surface area contributed by atoms with Crippen LogP contribution in [-0.4, -0.2) is 78.9 Å². The van der Waals surface area contributed by atoms with E-state index in [1.165, 1.54) is 29.2 Å². The van der Waals surface area contributed by atoms with Crippen molar-refractivity contribution in [2.24, 2.45) is 5.92 Å². The fraction of sp³-hybridized carbons (Fsp3) is 0.344. The highest BCUT2D eigenvalue weighted by Crippen LogP contribution is 2.29.